The zero-order valence-electron chi connectivity index (χ0n) is 12.5. The number of anilines is 1. The number of hydrogen-bond acceptors (Lipinski definition) is 3. The van der Waals surface area contributed by atoms with Crippen LogP contribution in [0.2, 0.25) is 5.02 Å². The van der Waals surface area contributed by atoms with E-state index in [1.165, 1.54) is 0 Å². The molecular weight excluding hydrogens is 312 g/mol. The number of halogens is 1. The Morgan fingerprint density at radius 1 is 1.22 bits per heavy atom. The van der Waals surface area contributed by atoms with Gasteiger partial charge in [0.2, 0.25) is 5.95 Å². The number of carbonyl (C=O) groups excluding carboxylic acids is 1. The molecule has 0 unspecified atom stereocenters. The molecule has 116 valence electrons. The molecule has 0 bridgehead atoms. The Labute approximate surface area is 138 Å². The standard InChI is InChI=1S/C17H15ClN4O/c1-12-5-2-3-8-15(12)16(23)20-17-19-11-22(21-17)10-13-6-4-7-14(18)9-13/h2-9,11H,10H2,1H3,(H,20,21,23). The van der Waals surface area contributed by atoms with Crippen LogP contribution < -0.4 is 5.32 Å². The van der Waals surface area contributed by atoms with Gasteiger partial charge < -0.3 is 0 Å². The summed E-state index contributed by atoms with van der Waals surface area (Å²) in [4.78, 5) is 16.3. The van der Waals surface area contributed by atoms with Crippen LogP contribution >= 0.6 is 11.6 Å². The van der Waals surface area contributed by atoms with Crippen molar-refractivity contribution in [2.75, 3.05) is 5.32 Å². The molecule has 0 aliphatic rings. The molecule has 0 aliphatic carbocycles. The third-order valence-electron chi connectivity index (χ3n) is 3.39. The van der Waals surface area contributed by atoms with Crippen LogP contribution in [-0.2, 0) is 6.54 Å². The fourth-order valence-electron chi connectivity index (χ4n) is 2.25. The van der Waals surface area contributed by atoms with Gasteiger partial charge in [0.15, 0.2) is 0 Å². The largest absolute Gasteiger partial charge is 0.289 e. The van der Waals surface area contributed by atoms with Gasteiger partial charge in [-0.15, -0.1) is 5.10 Å². The van der Waals surface area contributed by atoms with Gasteiger partial charge in [0.25, 0.3) is 5.91 Å². The van der Waals surface area contributed by atoms with E-state index >= 15 is 0 Å². The third kappa shape index (κ3) is 3.76. The number of hydrogen-bond donors (Lipinski definition) is 1. The van der Waals surface area contributed by atoms with E-state index in [0.717, 1.165) is 11.1 Å². The van der Waals surface area contributed by atoms with Gasteiger partial charge in [-0.3, -0.25) is 10.1 Å². The van der Waals surface area contributed by atoms with Gasteiger partial charge >= 0.3 is 0 Å². The van der Waals surface area contributed by atoms with Crippen LogP contribution in [0, 0.1) is 6.92 Å². The summed E-state index contributed by atoms with van der Waals surface area (Å²) in [5, 5.41) is 7.65. The van der Waals surface area contributed by atoms with Crippen LogP contribution in [0.1, 0.15) is 21.5 Å². The second kappa shape index (κ2) is 6.62. The van der Waals surface area contributed by atoms with E-state index in [0.29, 0.717) is 17.1 Å². The minimum absolute atomic E-state index is 0.219. The summed E-state index contributed by atoms with van der Waals surface area (Å²) >= 11 is 5.97. The normalized spacial score (nSPS) is 10.5. The Morgan fingerprint density at radius 3 is 2.83 bits per heavy atom. The molecule has 0 radical (unpaired) electrons. The maximum atomic E-state index is 12.2. The van der Waals surface area contributed by atoms with Gasteiger partial charge in [-0.25, -0.2) is 9.67 Å². The molecule has 5 nitrogen and oxygen atoms in total. The fourth-order valence-corrected chi connectivity index (χ4v) is 2.46. The zero-order valence-corrected chi connectivity index (χ0v) is 13.3. The minimum Gasteiger partial charge on any atom is -0.289 e. The van der Waals surface area contributed by atoms with Gasteiger partial charge in [0, 0.05) is 10.6 Å². The van der Waals surface area contributed by atoms with E-state index in [9.17, 15) is 4.79 Å². The first-order chi connectivity index (χ1) is 11.1. The molecular formula is C17H15ClN4O. The predicted octanol–water partition coefficient (Wildman–Crippen LogP) is 3.54. The molecule has 3 aromatic rings. The van der Waals surface area contributed by atoms with Crippen molar-refractivity contribution in [2.45, 2.75) is 13.5 Å². The SMILES string of the molecule is Cc1ccccc1C(=O)Nc1ncn(Cc2cccc(Cl)c2)n1. The Balaban J connectivity index is 1.70. The molecule has 0 atom stereocenters. The third-order valence-corrected chi connectivity index (χ3v) is 3.62. The summed E-state index contributed by atoms with van der Waals surface area (Å²) < 4.78 is 1.65. The predicted molar refractivity (Wildman–Crippen MR) is 89.7 cm³/mol. The van der Waals surface area contributed by atoms with Crippen LogP contribution in [0.5, 0.6) is 0 Å². The van der Waals surface area contributed by atoms with Gasteiger partial charge in [-0.2, -0.15) is 0 Å². The van der Waals surface area contributed by atoms with Crippen LogP contribution in [0.3, 0.4) is 0 Å². The van der Waals surface area contributed by atoms with Crippen molar-refractivity contribution < 1.29 is 4.79 Å². The highest BCUT2D eigenvalue weighted by molar-refractivity contribution is 6.30. The number of aryl methyl sites for hydroxylation is 1. The summed E-state index contributed by atoms with van der Waals surface area (Å²) in [5.41, 5.74) is 2.53. The summed E-state index contributed by atoms with van der Waals surface area (Å²) in [6, 6.07) is 14.9. The van der Waals surface area contributed by atoms with E-state index in [4.69, 9.17) is 11.6 Å². The molecule has 23 heavy (non-hydrogen) atoms. The molecule has 1 amide bonds. The molecule has 1 heterocycles. The number of aromatic nitrogens is 3. The van der Waals surface area contributed by atoms with Gasteiger partial charge in [0.1, 0.15) is 6.33 Å². The first-order valence-electron chi connectivity index (χ1n) is 7.13. The molecule has 0 saturated heterocycles. The molecule has 2 aromatic carbocycles. The van der Waals surface area contributed by atoms with Gasteiger partial charge in [0.05, 0.1) is 6.54 Å². The van der Waals surface area contributed by atoms with Crippen molar-refractivity contribution in [1.82, 2.24) is 14.8 Å². The molecule has 0 saturated carbocycles. The second-order valence-corrected chi connectivity index (χ2v) is 5.60. The highest BCUT2D eigenvalue weighted by Crippen LogP contribution is 2.12. The lowest BCUT2D eigenvalue weighted by Gasteiger charge is -2.04. The first-order valence-corrected chi connectivity index (χ1v) is 7.50. The summed E-state index contributed by atoms with van der Waals surface area (Å²) in [5.74, 6) is 0.0592. The molecule has 6 heteroatoms. The maximum Gasteiger partial charge on any atom is 0.258 e. The summed E-state index contributed by atoms with van der Waals surface area (Å²) in [7, 11) is 0. The number of amides is 1. The molecule has 0 spiro atoms. The lowest BCUT2D eigenvalue weighted by Crippen LogP contribution is -2.14. The van der Waals surface area contributed by atoms with E-state index in [-0.39, 0.29) is 11.9 Å². The summed E-state index contributed by atoms with van der Waals surface area (Å²) in [6.07, 6.45) is 1.58. The Hall–Kier alpha value is -2.66. The Bertz CT molecular complexity index is 844. The lowest BCUT2D eigenvalue weighted by molar-refractivity contribution is 0.102. The fraction of sp³-hybridized carbons (Fsp3) is 0.118. The number of nitrogens with one attached hydrogen (secondary N) is 1. The molecule has 0 aliphatic heterocycles. The molecule has 0 fully saturated rings. The minimum atomic E-state index is -0.219. The van der Waals surface area contributed by atoms with Crippen LogP contribution in [0.15, 0.2) is 54.9 Å². The zero-order chi connectivity index (χ0) is 16.2. The van der Waals surface area contributed by atoms with Crippen LogP contribution in [0.25, 0.3) is 0 Å². The summed E-state index contributed by atoms with van der Waals surface area (Å²) in [6.45, 7) is 2.42. The van der Waals surface area contributed by atoms with E-state index in [1.807, 2.05) is 49.4 Å². The Kier molecular flexibility index (Phi) is 4.39. The number of nitrogens with zero attached hydrogens (tertiary/aromatic N) is 3. The average Bonchev–Trinajstić information content (AvgIpc) is 2.94. The monoisotopic (exact) mass is 326 g/mol. The van der Waals surface area contributed by atoms with Crippen LogP contribution in [0.4, 0.5) is 5.95 Å². The second-order valence-electron chi connectivity index (χ2n) is 5.16. The lowest BCUT2D eigenvalue weighted by atomic mass is 10.1. The highest BCUT2D eigenvalue weighted by Gasteiger charge is 2.11. The van der Waals surface area contributed by atoms with Gasteiger partial charge in [-0.1, -0.05) is 41.9 Å². The maximum absolute atomic E-state index is 12.2. The highest BCUT2D eigenvalue weighted by atomic mass is 35.5. The smallest absolute Gasteiger partial charge is 0.258 e. The van der Waals surface area contributed by atoms with Crippen LogP contribution in [-0.4, -0.2) is 20.7 Å². The molecule has 1 aromatic heterocycles. The van der Waals surface area contributed by atoms with E-state index in [1.54, 1.807) is 17.1 Å². The number of benzene rings is 2. The average molecular weight is 327 g/mol. The van der Waals surface area contributed by atoms with Crippen molar-refractivity contribution in [1.29, 1.82) is 0 Å². The van der Waals surface area contributed by atoms with E-state index < -0.39 is 0 Å². The number of carbonyl (C=O) groups is 1. The van der Waals surface area contributed by atoms with E-state index in [2.05, 4.69) is 15.4 Å². The van der Waals surface area contributed by atoms with Gasteiger partial charge in [-0.05, 0) is 36.2 Å². The van der Waals surface area contributed by atoms with Crippen molar-refractivity contribution in [2.24, 2.45) is 0 Å². The van der Waals surface area contributed by atoms with Crippen molar-refractivity contribution in [3.63, 3.8) is 0 Å². The van der Waals surface area contributed by atoms with Crippen molar-refractivity contribution >= 4 is 23.5 Å². The molecule has 3 rings (SSSR count). The quantitative estimate of drug-likeness (QED) is 0.797. The van der Waals surface area contributed by atoms with Crippen molar-refractivity contribution in [3.05, 3.63) is 76.6 Å². The first kappa shape index (κ1) is 15.2. The van der Waals surface area contributed by atoms with Crippen molar-refractivity contribution in [3.8, 4) is 0 Å². The molecule has 1 N–H and O–H groups in total. The topological polar surface area (TPSA) is 59.8 Å². The Morgan fingerprint density at radius 2 is 2.04 bits per heavy atom. The number of rotatable bonds is 4.